The Morgan fingerprint density at radius 3 is 2.36 bits per heavy atom. The number of aliphatic hydroxyl groups is 2. The molecule has 0 aromatic rings. The van der Waals surface area contributed by atoms with Crippen molar-refractivity contribution in [3.63, 3.8) is 0 Å². The lowest BCUT2D eigenvalue weighted by Crippen LogP contribution is -2.40. The van der Waals surface area contributed by atoms with Crippen LogP contribution in [0.25, 0.3) is 0 Å². The largest absolute Gasteiger partial charge is 0.388 e. The van der Waals surface area contributed by atoms with Crippen LogP contribution in [0.3, 0.4) is 0 Å². The Morgan fingerprint density at radius 2 is 1.82 bits per heavy atom. The average molecular weight is 286 g/mol. The molecule has 2 N–H and O–H groups in total. The van der Waals surface area contributed by atoms with Gasteiger partial charge < -0.3 is 10.2 Å². The number of rotatable bonds is 0. The van der Waals surface area contributed by atoms with Gasteiger partial charge >= 0.3 is 0 Å². The van der Waals surface area contributed by atoms with Gasteiger partial charge in [0.2, 0.25) is 0 Å². The van der Waals surface area contributed by atoms with Crippen molar-refractivity contribution >= 4 is 31.9 Å². The predicted molar refractivity (Wildman–Crippen MR) is 51.2 cm³/mol. The summed E-state index contributed by atoms with van der Waals surface area (Å²) in [5.41, 5.74) is 0.815. The van der Waals surface area contributed by atoms with E-state index >= 15 is 0 Å². The normalized spacial score (nSPS) is 45.4. The third-order valence-electron chi connectivity index (χ3n) is 1.83. The molecule has 4 atom stereocenters. The van der Waals surface area contributed by atoms with Crippen molar-refractivity contribution in [2.45, 2.75) is 28.8 Å². The summed E-state index contributed by atoms with van der Waals surface area (Å²) in [4.78, 5) is -0.219. The molecule has 1 rings (SSSR count). The molecule has 0 aliphatic heterocycles. The van der Waals surface area contributed by atoms with Gasteiger partial charge in [0.05, 0.1) is 21.9 Å². The highest BCUT2D eigenvalue weighted by Crippen LogP contribution is 2.30. The number of hydrogen-bond donors (Lipinski definition) is 2. The van der Waals surface area contributed by atoms with Crippen molar-refractivity contribution in [1.29, 1.82) is 0 Å². The Bertz CT molecular complexity index is 181. The monoisotopic (exact) mass is 284 g/mol. The van der Waals surface area contributed by atoms with Crippen LogP contribution < -0.4 is 0 Å². The first-order valence-corrected chi connectivity index (χ1v) is 5.19. The zero-order chi connectivity index (χ0) is 8.59. The standard InChI is InChI=1S/C7H10Br2O2/c1-3-2-4(10)5(8)6(9)7(3)11/h2,4-7,10-11H,1H3/t4-,5+,6-,7-/m0/s1. The van der Waals surface area contributed by atoms with E-state index in [2.05, 4.69) is 31.9 Å². The van der Waals surface area contributed by atoms with E-state index in [0.717, 1.165) is 5.57 Å². The Hall–Kier alpha value is 0.620. The van der Waals surface area contributed by atoms with Gasteiger partial charge in [-0.05, 0) is 12.5 Å². The molecule has 0 bridgehead atoms. The van der Waals surface area contributed by atoms with E-state index in [1.165, 1.54) is 0 Å². The van der Waals surface area contributed by atoms with Crippen LogP contribution in [0.5, 0.6) is 0 Å². The maximum Gasteiger partial charge on any atom is 0.0885 e. The van der Waals surface area contributed by atoms with Crippen LogP contribution in [0.2, 0.25) is 0 Å². The minimum absolute atomic E-state index is 0.109. The van der Waals surface area contributed by atoms with Crippen molar-refractivity contribution in [3.05, 3.63) is 11.6 Å². The summed E-state index contributed by atoms with van der Waals surface area (Å²) in [6.07, 6.45) is 0.660. The molecule has 0 heterocycles. The number of halogens is 2. The fourth-order valence-electron chi connectivity index (χ4n) is 1.07. The second-order valence-electron chi connectivity index (χ2n) is 2.73. The van der Waals surface area contributed by atoms with E-state index in [1.807, 2.05) is 0 Å². The Labute approximate surface area is 82.6 Å². The van der Waals surface area contributed by atoms with Crippen molar-refractivity contribution in [2.24, 2.45) is 0 Å². The molecule has 0 fully saturated rings. The second-order valence-corrected chi connectivity index (χ2v) is 4.85. The molecule has 1 aliphatic rings. The molecule has 0 spiro atoms. The third-order valence-corrected chi connectivity index (χ3v) is 4.72. The van der Waals surface area contributed by atoms with Crippen LogP contribution in [0, 0.1) is 0 Å². The molecule has 0 amide bonds. The maximum absolute atomic E-state index is 9.48. The highest BCUT2D eigenvalue weighted by molar-refractivity contribution is 9.12. The average Bonchev–Trinajstić information content (AvgIpc) is 1.97. The van der Waals surface area contributed by atoms with E-state index in [9.17, 15) is 10.2 Å². The predicted octanol–water partition coefficient (Wildman–Crippen LogP) is 1.20. The van der Waals surface area contributed by atoms with E-state index in [-0.39, 0.29) is 9.65 Å². The number of hydrogen-bond acceptors (Lipinski definition) is 2. The van der Waals surface area contributed by atoms with Crippen LogP contribution in [-0.4, -0.2) is 32.1 Å². The lowest BCUT2D eigenvalue weighted by atomic mass is 9.96. The van der Waals surface area contributed by atoms with E-state index in [4.69, 9.17) is 0 Å². The molecule has 64 valence electrons. The number of alkyl halides is 2. The smallest absolute Gasteiger partial charge is 0.0885 e. The first kappa shape index (κ1) is 9.71. The SMILES string of the molecule is CC1=C[C@H](O)[C@@H](Br)[C@H](Br)[C@H]1O. The van der Waals surface area contributed by atoms with Crippen LogP contribution >= 0.6 is 31.9 Å². The van der Waals surface area contributed by atoms with Gasteiger partial charge in [-0.25, -0.2) is 0 Å². The van der Waals surface area contributed by atoms with Gasteiger partial charge in [0.1, 0.15) is 0 Å². The second kappa shape index (κ2) is 3.56. The van der Waals surface area contributed by atoms with Crippen LogP contribution in [0.4, 0.5) is 0 Å². The molecule has 0 aromatic carbocycles. The van der Waals surface area contributed by atoms with E-state index < -0.39 is 12.2 Å². The number of aliphatic hydroxyl groups excluding tert-OH is 2. The molecular formula is C7H10Br2O2. The lowest BCUT2D eigenvalue weighted by molar-refractivity contribution is 0.151. The maximum atomic E-state index is 9.48. The zero-order valence-corrected chi connectivity index (χ0v) is 9.21. The molecule has 0 saturated heterocycles. The first-order valence-electron chi connectivity index (χ1n) is 3.36. The Morgan fingerprint density at radius 1 is 1.27 bits per heavy atom. The zero-order valence-electron chi connectivity index (χ0n) is 6.04. The van der Waals surface area contributed by atoms with Gasteiger partial charge in [-0.15, -0.1) is 0 Å². The minimum atomic E-state index is -0.511. The van der Waals surface area contributed by atoms with Gasteiger partial charge in [0, 0.05) is 0 Å². The summed E-state index contributed by atoms with van der Waals surface area (Å²) < 4.78 is 0. The summed E-state index contributed by atoms with van der Waals surface area (Å²) in [6, 6.07) is 0. The van der Waals surface area contributed by atoms with Crippen molar-refractivity contribution < 1.29 is 10.2 Å². The highest BCUT2D eigenvalue weighted by atomic mass is 79.9. The highest BCUT2D eigenvalue weighted by Gasteiger charge is 2.33. The minimum Gasteiger partial charge on any atom is -0.388 e. The summed E-state index contributed by atoms with van der Waals surface area (Å²) in [5, 5.41) is 18.9. The van der Waals surface area contributed by atoms with Gasteiger partial charge in [-0.1, -0.05) is 37.9 Å². The molecule has 0 unspecified atom stereocenters. The van der Waals surface area contributed by atoms with Gasteiger partial charge in [-0.3, -0.25) is 0 Å². The molecule has 0 aromatic heterocycles. The fraction of sp³-hybridized carbons (Fsp3) is 0.714. The summed E-state index contributed by atoms with van der Waals surface area (Å²) in [5.74, 6) is 0. The molecule has 4 heteroatoms. The van der Waals surface area contributed by atoms with Crippen molar-refractivity contribution in [3.8, 4) is 0 Å². The molecular weight excluding hydrogens is 276 g/mol. The Kier molecular flexibility index (Phi) is 3.14. The Balaban J connectivity index is 2.83. The quantitative estimate of drug-likeness (QED) is 0.519. The molecule has 2 nitrogen and oxygen atoms in total. The lowest BCUT2D eigenvalue weighted by Gasteiger charge is -2.30. The summed E-state index contributed by atoms with van der Waals surface area (Å²) >= 11 is 6.59. The summed E-state index contributed by atoms with van der Waals surface area (Å²) in [7, 11) is 0. The fourth-order valence-corrected chi connectivity index (χ4v) is 2.24. The summed E-state index contributed by atoms with van der Waals surface area (Å²) in [6.45, 7) is 1.81. The van der Waals surface area contributed by atoms with Gasteiger partial charge in [0.25, 0.3) is 0 Å². The first-order chi connectivity index (χ1) is 5.04. The van der Waals surface area contributed by atoms with Crippen LogP contribution in [0.1, 0.15) is 6.92 Å². The van der Waals surface area contributed by atoms with Crippen molar-refractivity contribution in [1.82, 2.24) is 0 Å². The van der Waals surface area contributed by atoms with Crippen LogP contribution in [0.15, 0.2) is 11.6 Å². The van der Waals surface area contributed by atoms with E-state index in [0.29, 0.717) is 0 Å². The molecule has 1 aliphatic carbocycles. The van der Waals surface area contributed by atoms with Crippen LogP contribution in [-0.2, 0) is 0 Å². The topological polar surface area (TPSA) is 40.5 Å². The molecule has 0 radical (unpaired) electrons. The molecule has 11 heavy (non-hydrogen) atoms. The van der Waals surface area contributed by atoms with Gasteiger partial charge in [-0.2, -0.15) is 0 Å². The van der Waals surface area contributed by atoms with E-state index in [1.54, 1.807) is 13.0 Å². The third kappa shape index (κ3) is 1.86. The molecule has 0 saturated carbocycles. The van der Waals surface area contributed by atoms with Crippen molar-refractivity contribution in [2.75, 3.05) is 0 Å². The van der Waals surface area contributed by atoms with Gasteiger partial charge in [0.15, 0.2) is 0 Å².